The number of fused-ring (bicyclic) bond motifs is 3. The summed E-state index contributed by atoms with van der Waals surface area (Å²) >= 11 is 0. The zero-order valence-corrected chi connectivity index (χ0v) is 14.2. The Morgan fingerprint density at radius 1 is 0.654 bits per heavy atom. The first kappa shape index (κ1) is 14.8. The van der Waals surface area contributed by atoms with Crippen molar-refractivity contribution in [1.82, 2.24) is 15.0 Å². The Bertz CT molecular complexity index is 1240. The van der Waals surface area contributed by atoms with Crippen molar-refractivity contribution < 1.29 is 4.42 Å². The van der Waals surface area contributed by atoms with Crippen LogP contribution in [0.4, 0.5) is 0 Å². The molecule has 0 unspecified atom stereocenters. The summed E-state index contributed by atoms with van der Waals surface area (Å²) < 4.78 is 6.12. The Labute approximate surface area is 150 Å². The Morgan fingerprint density at radius 2 is 1.38 bits per heavy atom. The van der Waals surface area contributed by atoms with Gasteiger partial charge in [0.1, 0.15) is 17.0 Å². The van der Waals surface area contributed by atoms with Crippen molar-refractivity contribution in [2.75, 3.05) is 0 Å². The van der Waals surface area contributed by atoms with Crippen molar-refractivity contribution in [3.63, 3.8) is 0 Å². The molecule has 0 aliphatic heterocycles. The second-order valence-electron chi connectivity index (χ2n) is 6.18. The van der Waals surface area contributed by atoms with E-state index in [9.17, 15) is 0 Å². The summed E-state index contributed by atoms with van der Waals surface area (Å²) in [5, 5.41) is 2.16. The first-order valence-electron chi connectivity index (χ1n) is 8.48. The van der Waals surface area contributed by atoms with Crippen molar-refractivity contribution in [3.8, 4) is 22.8 Å². The first-order valence-corrected chi connectivity index (χ1v) is 8.48. The smallest absolute Gasteiger partial charge is 0.167 e. The van der Waals surface area contributed by atoms with Gasteiger partial charge >= 0.3 is 0 Å². The highest BCUT2D eigenvalue weighted by Crippen LogP contribution is 2.34. The third kappa shape index (κ3) is 2.35. The predicted octanol–water partition coefficient (Wildman–Crippen LogP) is 5.41. The second kappa shape index (κ2) is 5.77. The van der Waals surface area contributed by atoms with Crippen LogP contribution in [0.1, 0.15) is 5.82 Å². The molecule has 2 aromatic heterocycles. The fourth-order valence-corrected chi connectivity index (χ4v) is 3.24. The van der Waals surface area contributed by atoms with Crippen molar-refractivity contribution >= 4 is 21.9 Å². The Morgan fingerprint density at radius 3 is 2.27 bits per heavy atom. The third-order valence-electron chi connectivity index (χ3n) is 4.42. The molecule has 0 spiro atoms. The summed E-state index contributed by atoms with van der Waals surface area (Å²) in [6, 6.07) is 24.1. The molecule has 0 atom stereocenters. The van der Waals surface area contributed by atoms with E-state index in [0.717, 1.165) is 33.1 Å². The van der Waals surface area contributed by atoms with Gasteiger partial charge in [-0.05, 0) is 19.1 Å². The molecule has 5 rings (SSSR count). The lowest BCUT2D eigenvalue weighted by atomic mass is 10.1. The van der Waals surface area contributed by atoms with Crippen LogP contribution < -0.4 is 0 Å². The number of benzene rings is 3. The van der Waals surface area contributed by atoms with Crippen LogP contribution in [-0.2, 0) is 0 Å². The molecule has 0 N–H and O–H groups in total. The summed E-state index contributed by atoms with van der Waals surface area (Å²) in [6.45, 7) is 1.89. The highest BCUT2D eigenvalue weighted by Gasteiger charge is 2.15. The topological polar surface area (TPSA) is 51.8 Å². The average Bonchev–Trinajstić information content (AvgIpc) is 3.07. The van der Waals surface area contributed by atoms with Crippen LogP contribution in [0.5, 0.6) is 0 Å². The number of hydrogen-bond donors (Lipinski definition) is 0. The fraction of sp³-hybridized carbons (Fsp3) is 0.0455. The number of para-hydroxylation sites is 2. The van der Waals surface area contributed by atoms with Gasteiger partial charge in [0, 0.05) is 16.3 Å². The standard InChI is InChI=1S/C22H15N3O/c1-14-23-21(15-8-3-2-4-9-15)25-22(24-14)18-12-7-11-17-16-10-5-6-13-19(16)26-20(17)18/h2-13H,1H3. The van der Waals surface area contributed by atoms with Crippen molar-refractivity contribution in [1.29, 1.82) is 0 Å². The van der Waals surface area contributed by atoms with Crippen LogP contribution in [0, 0.1) is 6.92 Å². The van der Waals surface area contributed by atoms with Crippen LogP contribution in [0.2, 0.25) is 0 Å². The van der Waals surface area contributed by atoms with Gasteiger partial charge in [-0.2, -0.15) is 0 Å². The molecule has 0 radical (unpaired) electrons. The molecular weight excluding hydrogens is 322 g/mol. The zero-order chi connectivity index (χ0) is 17.5. The van der Waals surface area contributed by atoms with Gasteiger partial charge in [-0.3, -0.25) is 0 Å². The molecule has 5 aromatic rings. The molecular formula is C22H15N3O. The lowest BCUT2D eigenvalue weighted by molar-refractivity contribution is 0.669. The van der Waals surface area contributed by atoms with E-state index in [4.69, 9.17) is 9.40 Å². The molecule has 0 fully saturated rings. The van der Waals surface area contributed by atoms with Gasteiger partial charge in [0.2, 0.25) is 0 Å². The van der Waals surface area contributed by atoms with E-state index in [1.54, 1.807) is 0 Å². The van der Waals surface area contributed by atoms with E-state index in [1.807, 2.05) is 67.6 Å². The van der Waals surface area contributed by atoms with Gasteiger partial charge in [0.15, 0.2) is 11.6 Å². The first-order chi connectivity index (χ1) is 12.8. The molecule has 26 heavy (non-hydrogen) atoms. The molecule has 124 valence electrons. The highest BCUT2D eigenvalue weighted by atomic mass is 16.3. The van der Waals surface area contributed by atoms with Crippen molar-refractivity contribution in [2.24, 2.45) is 0 Å². The summed E-state index contributed by atoms with van der Waals surface area (Å²) in [6.07, 6.45) is 0. The van der Waals surface area contributed by atoms with Crippen LogP contribution in [0.3, 0.4) is 0 Å². The number of nitrogens with zero attached hydrogens (tertiary/aromatic N) is 3. The number of hydrogen-bond acceptors (Lipinski definition) is 4. The van der Waals surface area contributed by atoms with E-state index < -0.39 is 0 Å². The minimum atomic E-state index is 0.626. The van der Waals surface area contributed by atoms with Crippen molar-refractivity contribution in [3.05, 3.63) is 78.6 Å². The Balaban J connectivity index is 1.77. The van der Waals surface area contributed by atoms with E-state index in [-0.39, 0.29) is 0 Å². The molecule has 0 amide bonds. The van der Waals surface area contributed by atoms with E-state index in [0.29, 0.717) is 17.5 Å². The van der Waals surface area contributed by atoms with Crippen LogP contribution >= 0.6 is 0 Å². The van der Waals surface area contributed by atoms with Gasteiger partial charge in [0.25, 0.3) is 0 Å². The van der Waals surface area contributed by atoms with Gasteiger partial charge < -0.3 is 4.42 Å². The summed E-state index contributed by atoms with van der Waals surface area (Å²) in [7, 11) is 0. The van der Waals surface area contributed by atoms with Gasteiger partial charge in [-0.25, -0.2) is 15.0 Å². The van der Waals surface area contributed by atoms with E-state index in [2.05, 4.69) is 22.1 Å². The third-order valence-corrected chi connectivity index (χ3v) is 4.42. The largest absolute Gasteiger partial charge is 0.455 e. The number of furan rings is 1. The molecule has 0 aliphatic rings. The molecule has 3 aromatic carbocycles. The molecule has 2 heterocycles. The number of rotatable bonds is 2. The summed E-state index contributed by atoms with van der Waals surface area (Å²) in [5.74, 6) is 1.98. The molecule has 0 bridgehead atoms. The predicted molar refractivity (Wildman–Crippen MR) is 103 cm³/mol. The lowest BCUT2D eigenvalue weighted by Gasteiger charge is -2.06. The molecule has 0 saturated heterocycles. The van der Waals surface area contributed by atoms with E-state index >= 15 is 0 Å². The van der Waals surface area contributed by atoms with Crippen LogP contribution in [0.15, 0.2) is 77.2 Å². The second-order valence-corrected chi connectivity index (χ2v) is 6.18. The quantitative estimate of drug-likeness (QED) is 0.432. The van der Waals surface area contributed by atoms with E-state index in [1.165, 1.54) is 0 Å². The SMILES string of the molecule is Cc1nc(-c2ccccc2)nc(-c2cccc3c2oc2ccccc23)n1. The average molecular weight is 337 g/mol. The fourth-order valence-electron chi connectivity index (χ4n) is 3.24. The number of aromatic nitrogens is 3. The molecule has 0 saturated carbocycles. The maximum Gasteiger partial charge on any atom is 0.167 e. The molecule has 4 nitrogen and oxygen atoms in total. The van der Waals surface area contributed by atoms with Crippen LogP contribution in [-0.4, -0.2) is 15.0 Å². The van der Waals surface area contributed by atoms with Gasteiger partial charge in [0.05, 0.1) is 5.56 Å². The maximum atomic E-state index is 6.12. The zero-order valence-electron chi connectivity index (χ0n) is 14.2. The normalized spacial score (nSPS) is 11.3. The summed E-state index contributed by atoms with van der Waals surface area (Å²) in [5.41, 5.74) is 3.51. The van der Waals surface area contributed by atoms with Crippen LogP contribution in [0.25, 0.3) is 44.7 Å². The van der Waals surface area contributed by atoms with Crippen molar-refractivity contribution in [2.45, 2.75) is 6.92 Å². The molecule has 0 aliphatic carbocycles. The number of aryl methyl sites for hydroxylation is 1. The highest BCUT2D eigenvalue weighted by molar-refractivity contribution is 6.09. The van der Waals surface area contributed by atoms with Gasteiger partial charge in [-0.1, -0.05) is 60.7 Å². The monoisotopic (exact) mass is 337 g/mol. The Hall–Kier alpha value is -3.53. The van der Waals surface area contributed by atoms with Gasteiger partial charge in [-0.15, -0.1) is 0 Å². The lowest BCUT2D eigenvalue weighted by Crippen LogP contribution is -1.99. The minimum Gasteiger partial charge on any atom is -0.455 e. The minimum absolute atomic E-state index is 0.626. The maximum absolute atomic E-state index is 6.12. The summed E-state index contributed by atoms with van der Waals surface area (Å²) in [4.78, 5) is 13.8. The molecule has 4 heteroatoms. The Kier molecular flexibility index (Phi) is 3.28.